The molecule has 0 fully saturated rings. The quantitative estimate of drug-likeness (QED) is 0.621. The third-order valence-electron chi connectivity index (χ3n) is 6.05. The van der Waals surface area contributed by atoms with Crippen molar-refractivity contribution >= 4 is 5.78 Å². The predicted octanol–water partition coefficient (Wildman–Crippen LogP) is 4.79. The Kier molecular flexibility index (Phi) is 7.56. The molecule has 0 spiro atoms. The van der Waals surface area contributed by atoms with Crippen LogP contribution in [0.15, 0.2) is 60.7 Å². The van der Waals surface area contributed by atoms with Gasteiger partial charge in [-0.1, -0.05) is 74.5 Å². The summed E-state index contributed by atoms with van der Waals surface area (Å²) in [5, 5.41) is 20.9. The molecule has 0 aliphatic heterocycles. The van der Waals surface area contributed by atoms with E-state index >= 15 is 0 Å². The molecule has 2 rings (SSSR count). The van der Waals surface area contributed by atoms with E-state index in [1.54, 1.807) is 0 Å². The lowest BCUT2D eigenvalue weighted by atomic mass is 9.61. The second kappa shape index (κ2) is 9.49. The Balaban J connectivity index is 2.59. The fourth-order valence-electron chi connectivity index (χ4n) is 4.14. The molecule has 0 heterocycles. The minimum Gasteiger partial charge on any atom is -0.393 e. The van der Waals surface area contributed by atoms with Crippen molar-refractivity contribution in [3.05, 3.63) is 71.8 Å². The normalized spacial score (nSPS) is 17.9. The summed E-state index contributed by atoms with van der Waals surface area (Å²) in [4.78, 5) is 14.2. The molecular weight excluding hydrogens is 348 g/mol. The molecule has 2 aromatic rings. The lowest BCUT2D eigenvalue weighted by Crippen LogP contribution is -2.49. The maximum atomic E-state index is 14.2. The van der Waals surface area contributed by atoms with Crippen LogP contribution < -0.4 is 0 Å². The zero-order valence-corrected chi connectivity index (χ0v) is 17.6. The molecule has 28 heavy (non-hydrogen) atoms. The number of aliphatic hydroxyl groups excluding tert-OH is 2. The van der Waals surface area contributed by atoms with Crippen molar-refractivity contribution in [1.29, 1.82) is 0 Å². The topological polar surface area (TPSA) is 57.5 Å². The molecule has 152 valence electrons. The van der Waals surface area contributed by atoms with Crippen LogP contribution in [-0.4, -0.2) is 28.2 Å². The van der Waals surface area contributed by atoms with Crippen LogP contribution in [0, 0.1) is 0 Å². The van der Waals surface area contributed by atoms with Gasteiger partial charge in [0.25, 0.3) is 0 Å². The van der Waals surface area contributed by atoms with E-state index in [2.05, 4.69) is 0 Å². The van der Waals surface area contributed by atoms with Crippen molar-refractivity contribution in [2.24, 2.45) is 0 Å². The number of ketones is 1. The molecule has 3 heteroatoms. The highest BCUT2D eigenvalue weighted by molar-refractivity contribution is 5.98. The monoisotopic (exact) mass is 382 g/mol. The molecule has 0 aliphatic rings. The number of rotatable bonds is 10. The van der Waals surface area contributed by atoms with Crippen molar-refractivity contribution < 1.29 is 15.0 Å². The largest absolute Gasteiger partial charge is 0.393 e. The highest BCUT2D eigenvalue weighted by atomic mass is 16.3. The Labute approximate surface area is 169 Å². The number of Topliss-reactive ketones (excluding diaryl/α,β-unsaturated/α-hetero) is 1. The highest BCUT2D eigenvalue weighted by Crippen LogP contribution is 2.42. The van der Waals surface area contributed by atoms with E-state index in [1.807, 2.05) is 88.4 Å². The second-order valence-electron chi connectivity index (χ2n) is 8.26. The van der Waals surface area contributed by atoms with E-state index in [-0.39, 0.29) is 5.78 Å². The van der Waals surface area contributed by atoms with Crippen LogP contribution in [0.4, 0.5) is 0 Å². The number of hydrogen-bond donors (Lipinski definition) is 2. The maximum absolute atomic E-state index is 14.2. The van der Waals surface area contributed by atoms with Crippen molar-refractivity contribution in [3.8, 4) is 0 Å². The number of carbonyl (C=O) groups excluding carboxylic acids is 1. The summed E-state index contributed by atoms with van der Waals surface area (Å²) >= 11 is 0. The van der Waals surface area contributed by atoms with E-state index in [0.29, 0.717) is 25.7 Å². The minimum absolute atomic E-state index is 0.0393. The first-order chi connectivity index (χ1) is 13.3. The average molecular weight is 383 g/mol. The lowest BCUT2D eigenvalue weighted by Gasteiger charge is -2.40. The molecule has 0 bridgehead atoms. The summed E-state index contributed by atoms with van der Waals surface area (Å²) in [7, 11) is 0. The standard InChI is InChI=1S/C25H34O3/c1-5-21(26)17-24(3,19-13-9-7-10-14-19)23(28)25(4,18-22(27)6-2)20-15-11-8-12-16-20/h7-16,21-22,26-27H,5-6,17-18H2,1-4H3. The Morgan fingerprint density at radius 2 is 1.07 bits per heavy atom. The number of carbonyl (C=O) groups is 1. The molecule has 0 amide bonds. The summed E-state index contributed by atoms with van der Waals surface area (Å²) in [6, 6.07) is 19.4. The van der Waals surface area contributed by atoms with Gasteiger partial charge in [0.1, 0.15) is 0 Å². The summed E-state index contributed by atoms with van der Waals surface area (Å²) in [6.07, 6.45) is 0.772. The van der Waals surface area contributed by atoms with Gasteiger partial charge in [-0.25, -0.2) is 0 Å². The zero-order chi connectivity index (χ0) is 20.8. The summed E-state index contributed by atoms with van der Waals surface area (Å²) in [6.45, 7) is 7.72. The van der Waals surface area contributed by atoms with Crippen LogP contribution in [0.25, 0.3) is 0 Å². The van der Waals surface area contributed by atoms with Crippen molar-refractivity contribution in [2.45, 2.75) is 76.4 Å². The van der Waals surface area contributed by atoms with E-state index in [9.17, 15) is 15.0 Å². The van der Waals surface area contributed by atoms with Crippen LogP contribution in [0.1, 0.15) is 64.5 Å². The van der Waals surface area contributed by atoms with Gasteiger partial charge in [0, 0.05) is 0 Å². The van der Waals surface area contributed by atoms with Crippen LogP contribution in [-0.2, 0) is 15.6 Å². The fraction of sp³-hybridized carbons (Fsp3) is 0.480. The first-order valence-electron chi connectivity index (χ1n) is 10.3. The Bertz CT molecular complexity index is 679. The third kappa shape index (κ3) is 4.71. The molecule has 0 radical (unpaired) electrons. The van der Waals surface area contributed by atoms with Crippen LogP contribution in [0.5, 0.6) is 0 Å². The Hall–Kier alpha value is -1.97. The van der Waals surface area contributed by atoms with Gasteiger partial charge in [0.05, 0.1) is 23.0 Å². The van der Waals surface area contributed by atoms with Gasteiger partial charge in [-0.15, -0.1) is 0 Å². The molecule has 0 aromatic heterocycles. The first kappa shape index (κ1) is 22.3. The van der Waals surface area contributed by atoms with E-state index < -0.39 is 23.0 Å². The molecule has 0 saturated carbocycles. The average Bonchev–Trinajstić information content (AvgIpc) is 2.73. The molecule has 4 atom stereocenters. The van der Waals surface area contributed by atoms with Gasteiger partial charge < -0.3 is 10.2 Å². The van der Waals surface area contributed by atoms with Crippen molar-refractivity contribution in [2.75, 3.05) is 0 Å². The van der Waals surface area contributed by atoms with Gasteiger partial charge in [-0.05, 0) is 50.7 Å². The van der Waals surface area contributed by atoms with Crippen molar-refractivity contribution in [3.63, 3.8) is 0 Å². The molecule has 0 saturated heterocycles. The molecule has 2 aromatic carbocycles. The molecule has 4 unspecified atom stereocenters. The van der Waals surface area contributed by atoms with Gasteiger partial charge in [-0.2, -0.15) is 0 Å². The Morgan fingerprint density at radius 3 is 1.36 bits per heavy atom. The van der Waals surface area contributed by atoms with Gasteiger partial charge in [0.2, 0.25) is 0 Å². The molecule has 3 nitrogen and oxygen atoms in total. The summed E-state index contributed by atoms with van der Waals surface area (Å²) in [5.74, 6) is 0.0393. The minimum atomic E-state index is -0.852. The van der Waals surface area contributed by atoms with Crippen LogP contribution >= 0.6 is 0 Å². The number of benzene rings is 2. The molecular formula is C25H34O3. The SMILES string of the molecule is CCC(O)CC(C)(C(=O)C(C)(CC(O)CC)c1ccccc1)c1ccccc1. The summed E-state index contributed by atoms with van der Waals surface area (Å²) in [5.41, 5.74) is 0.102. The van der Waals surface area contributed by atoms with Gasteiger partial charge in [0.15, 0.2) is 5.78 Å². The predicted molar refractivity (Wildman–Crippen MR) is 114 cm³/mol. The summed E-state index contributed by atoms with van der Waals surface area (Å²) < 4.78 is 0. The van der Waals surface area contributed by atoms with E-state index in [1.165, 1.54) is 0 Å². The van der Waals surface area contributed by atoms with Crippen LogP contribution in [0.3, 0.4) is 0 Å². The van der Waals surface area contributed by atoms with Gasteiger partial charge >= 0.3 is 0 Å². The van der Waals surface area contributed by atoms with Crippen LogP contribution in [0.2, 0.25) is 0 Å². The maximum Gasteiger partial charge on any atom is 0.153 e. The molecule has 0 aliphatic carbocycles. The number of aliphatic hydroxyl groups is 2. The first-order valence-corrected chi connectivity index (χ1v) is 10.3. The Morgan fingerprint density at radius 1 is 0.750 bits per heavy atom. The van der Waals surface area contributed by atoms with Crippen molar-refractivity contribution in [1.82, 2.24) is 0 Å². The third-order valence-corrected chi connectivity index (χ3v) is 6.05. The second-order valence-corrected chi connectivity index (χ2v) is 8.26. The van der Waals surface area contributed by atoms with Gasteiger partial charge in [-0.3, -0.25) is 4.79 Å². The smallest absolute Gasteiger partial charge is 0.153 e. The number of hydrogen-bond acceptors (Lipinski definition) is 3. The zero-order valence-electron chi connectivity index (χ0n) is 17.6. The highest BCUT2D eigenvalue weighted by Gasteiger charge is 2.48. The van der Waals surface area contributed by atoms with E-state index in [4.69, 9.17) is 0 Å². The van der Waals surface area contributed by atoms with E-state index in [0.717, 1.165) is 11.1 Å². The lowest BCUT2D eigenvalue weighted by molar-refractivity contribution is -0.132. The molecule has 2 N–H and O–H groups in total. The fourth-order valence-corrected chi connectivity index (χ4v) is 4.14.